The minimum Gasteiger partial charge on any atom is -0.391 e. The zero-order chi connectivity index (χ0) is 10.1. The number of thioether (sulfide) groups is 1. The Kier molecular flexibility index (Phi) is 3.36. The van der Waals surface area contributed by atoms with Gasteiger partial charge in [0.15, 0.2) is 0 Å². The molecule has 0 radical (unpaired) electrons. The van der Waals surface area contributed by atoms with E-state index in [2.05, 4.69) is 47.0 Å². The van der Waals surface area contributed by atoms with Crippen molar-refractivity contribution in [3.05, 3.63) is 26.6 Å². The fourth-order valence-electron chi connectivity index (χ4n) is 1.33. The maximum Gasteiger partial charge on any atom is 0.0785 e. The quantitative estimate of drug-likeness (QED) is 0.666. The number of benzene rings is 1. The largest absolute Gasteiger partial charge is 0.391 e. The van der Waals surface area contributed by atoms with E-state index in [-0.39, 0.29) is 6.61 Å². The monoisotopic (exact) mass is 336 g/mol. The van der Waals surface area contributed by atoms with E-state index in [1.165, 1.54) is 18.6 Å². The van der Waals surface area contributed by atoms with Crippen LogP contribution in [0.2, 0.25) is 0 Å². The van der Waals surface area contributed by atoms with Crippen LogP contribution >= 0.6 is 45.7 Å². The Balaban J connectivity index is 2.68. The molecule has 1 aromatic heterocycles. The molecule has 0 saturated carbocycles. The Labute approximate surface area is 105 Å². The third kappa shape index (κ3) is 1.80. The SMILES string of the molecule is CSc1ccc2sc(CO)c(I)c2c1. The molecular formula is C10H9IOS2. The van der Waals surface area contributed by atoms with E-state index >= 15 is 0 Å². The Morgan fingerprint density at radius 3 is 2.93 bits per heavy atom. The minimum absolute atomic E-state index is 0.145. The number of fused-ring (bicyclic) bond motifs is 1. The molecule has 2 aromatic rings. The number of thiophene rings is 1. The van der Waals surface area contributed by atoms with Gasteiger partial charge in [0.2, 0.25) is 0 Å². The second kappa shape index (κ2) is 4.38. The number of hydrogen-bond donors (Lipinski definition) is 1. The van der Waals surface area contributed by atoms with E-state index in [1.54, 1.807) is 23.1 Å². The van der Waals surface area contributed by atoms with Crippen molar-refractivity contribution in [1.82, 2.24) is 0 Å². The fraction of sp³-hybridized carbons (Fsp3) is 0.200. The minimum atomic E-state index is 0.145. The first-order valence-electron chi connectivity index (χ1n) is 4.12. The lowest BCUT2D eigenvalue weighted by Crippen LogP contribution is -1.78. The number of aliphatic hydroxyl groups is 1. The van der Waals surface area contributed by atoms with Crippen molar-refractivity contribution in [2.75, 3.05) is 6.26 Å². The highest BCUT2D eigenvalue weighted by atomic mass is 127. The first kappa shape index (κ1) is 10.7. The summed E-state index contributed by atoms with van der Waals surface area (Å²) in [6.45, 7) is 0.145. The van der Waals surface area contributed by atoms with Crippen LogP contribution in [-0.2, 0) is 6.61 Å². The van der Waals surface area contributed by atoms with E-state index in [0.717, 1.165) is 4.88 Å². The molecule has 0 aliphatic rings. The van der Waals surface area contributed by atoms with E-state index in [1.807, 2.05) is 0 Å². The Morgan fingerprint density at radius 1 is 1.50 bits per heavy atom. The molecule has 2 rings (SSSR count). The topological polar surface area (TPSA) is 20.2 Å². The summed E-state index contributed by atoms with van der Waals surface area (Å²) in [6.07, 6.45) is 2.08. The van der Waals surface area contributed by atoms with Gasteiger partial charge in [-0.2, -0.15) is 0 Å². The molecule has 1 N–H and O–H groups in total. The highest BCUT2D eigenvalue weighted by Crippen LogP contribution is 2.34. The number of rotatable bonds is 2. The van der Waals surface area contributed by atoms with Crippen LogP contribution in [0.3, 0.4) is 0 Å². The van der Waals surface area contributed by atoms with Crippen molar-refractivity contribution in [3.63, 3.8) is 0 Å². The van der Waals surface area contributed by atoms with E-state index in [4.69, 9.17) is 5.11 Å². The predicted octanol–water partition coefficient (Wildman–Crippen LogP) is 3.72. The molecule has 74 valence electrons. The predicted molar refractivity (Wildman–Crippen MR) is 72.2 cm³/mol. The molecule has 4 heteroatoms. The van der Waals surface area contributed by atoms with Gasteiger partial charge in [0, 0.05) is 23.4 Å². The highest BCUT2D eigenvalue weighted by molar-refractivity contribution is 14.1. The second-order valence-electron chi connectivity index (χ2n) is 2.86. The van der Waals surface area contributed by atoms with Gasteiger partial charge in [0.1, 0.15) is 0 Å². The molecule has 0 aliphatic carbocycles. The molecule has 1 nitrogen and oxygen atoms in total. The van der Waals surface area contributed by atoms with Gasteiger partial charge in [-0.05, 0) is 47.0 Å². The normalized spacial score (nSPS) is 11.1. The Morgan fingerprint density at radius 2 is 2.29 bits per heavy atom. The molecule has 0 unspecified atom stereocenters. The van der Waals surface area contributed by atoms with Crippen molar-refractivity contribution in [1.29, 1.82) is 0 Å². The van der Waals surface area contributed by atoms with Crippen molar-refractivity contribution in [2.45, 2.75) is 11.5 Å². The van der Waals surface area contributed by atoms with Gasteiger partial charge in [0.25, 0.3) is 0 Å². The maximum absolute atomic E-state index is 9.15. The first-order valence-corrected chi connectivity index (χ1v) is 7.24. The molecule has 14 heavy (non-hydrogen) atoms. The van der Waals surface area contributed by atoms with Gasteiger partial charge in [-0.25, -0.2) is 0 Å². The molecule has 0 saturated heterocycles. The molecule has 0 aliphatic heterocycles. The zero-order valence-electron chi connectivity index (χ0n) is 7.58. The van der Waals surface area contributed by atoms with Gasteiger partial charge in [0.05, 0.1) is 6.61 Å². The van der Waals surface area contributed by atoms with E-state index < -0.39 is 0 Å². The number of halogens is 1. The van der Waals surface area contributed by atoms with Crippen LogP contribution in [0.1, 0.15) is 4.88 Å². The number of aliphatic hydroxyl groups excluding tert-OH is 1. The lowest BCUT2D eigenvalue weighted by atomic mass is 10.2. The summed E-state index contributed by atoms with van der Waals surface area (Å²) in [5.74, 6) is 0. The van der Waals surface area contributed by atoms with Crippen LogP contribution < -0.4 is 0 Å². The lowest BCUT2D eigenvalue weighted by molar-refractivity contribution is 0.285. The van der Waals surface area contributed by atoms with Gasteiger partial charge < -0.3 is 5.11 Å². The average Bonchev–Trinajstić information content (AvgIpc) is 2.55. The summed E-state index contributed by atoms with van der Waals surface area (Å²) in [6, 6.07) is 6.45. The first-order chi connectivity index (χ1) is 6.76. The summed E-state index contributed by atoms with van der Waals surface area (Å²) in [5.41, 5.74) is 0. The van der Waals surface area contributed by atoms with Crippen LogP contribution in [0, 0.1) is 3.57 Å². The Bertz CT molecular complexity index is 464. The molecule has 0 amide bonds. The van der Waals surface area contributed by atoms with Crippen LogP contribution in [0.5, 0.6) is 0 Å². The molecule has 0 spiro atoms. The van der Waals surface area contributed by atoms with Crippen LogP contribution in [0.25, 0.3) is 10.1 Å². The van der Waals surface area contributed by atoms with Crippen LogP contribution in [0.4, 0.5) is 0 Å². The van der Waals surface area contributed by atoms with Crippen molar-refractivity contribution >= 4 is 55.8 Å². The zero-order valence-corrected chi connectivity index (χ0v) is 11.4. The molecule has 0 bridgehead atoms. The van der Waals surface area contributed by atoms with Crippen LogP contribution in [-0.4, -0.2) is 11.4 Å². The van der Waals surface area contributed by atoms with E-state index in [9.17, 15) is 0 Å². The van der Waals surface area contributed by atoms with Gasteiger partial charge in [-0.15, -0.1) is 23.1 Å². The summed E-state index contributed by atoms with van der Waals surface area (Å²) in [7, 11) is 0. The molecule has 1 aromatic carbocycles. The van der Waals surface area contributed by atoms with Crippen LogP contribution in [0.15, 0.2) is 23.1 Å². The maximum atomic E-state index is 9.15. The molecular weight excluding hydrogens is 327 g/mol. The second-order valence-corrected chi connectivity index (χ2v) is 5.95. The van der Waals surface area contributed by atoms with Gasteiger partial charge >= 0.3 is 0 Å². The molecule has 1 heterocycles. The van der Waals surface area contributed by atoms with Crippen molar-refractivity contribution < 1.29 is 5.11 Å². The fourth-order valence-corrected chi connectivity index (χ4v) is 3.83. The Hall–Kier alpha value is 0.220. The van der Waals surface area contributed by atoms with Crippen molar-refractivity contribution in [2.24, 2.45) is 0 Å². The standard InChI is InChI=1S/C10H9IOS2/c1-13-6-2-3-8-7(4-6)10(11)9(5-12)14-8/h2-4,12H,5H2,1H3. The molecule has 0 fully saturated rings. The number of hydrogen-bond acceptors (Lipinski definition) is 3. The molecule has 0 atom stereocenters. The summed E-state index contributed by atoms with van der Waals surface area (Å²) < 4.78 is 2.46. The smallest absolute Gasteiger partial charge is 0.0785 e. The third-order valence-electron chi connectivity index (χ3n) is 2.04. The summed E-state index contributed by atoms with van der Waals surface area (Å²) in [4.78, 5) is 2.34. The average molecular weight is 336 g/mol. The van der Waals surface area contributed by atoms with Gasteiger partial charge in [-0.1, -0.05) is 0 Å². The van der Waals surface area contributed by atoms with E-state index in [0.29, 0.717) is 0 Å². The summed E-state index contributed by atoms with van der Waals surface area (Å²) in [5, 5.41) is 10.4. The summed E-state index contributed by atoms with van der Waals surface area (Å²) >= 11 is 5.73. The lowest BCUT2D eigenvalue weighted by Gasteiger charge is -1.96. The third-order valence-corrected chi connectivity index (χ3v) is 5.52. The van der Waals surface area contributed by atoms with Gasteiger partial charge in [-0.3, -0.25) is 0 Å². The van der Waals surface area contributed by atoms with Crippen molar-refractivity contribution in [3.8, 4) is 0 Å². The highest BCUT2D eigenvalue weighted by Gasteiger charge is 2.08.